The average Bonchev–Trinajstić information content (AvgIpc) is 2.23. The van der Waals surface area contributed by atoms with Crippen molar-refractivity contribution in [1.29, 1.82) is 0 Å². The molecule has 0 heterocycles. The molecule has 12 heteroatoms. The van der Waals surface area contributed by atoms with Crippen molar-refractivity contribution in [3.8, 4) is 0 Å². The molecule has 0 aromatic heterocycles. The monoisotopic (exact) mass is 366 g/mol. The molecule has 0 atom stereocenters. The van der Waals surface area contributed by atoms with Crippen LogP contribution >= 0.6 is 19.4 Å². The van der Waals surface area contributed by atoms with Crippen LogP contribution in [0.3, 0.4) is 0 Å². The van der Waals surface area contributed by atoms with Crippen molar-refractivity contribution in [3.05, 3.63) is 23.8 Å². The lowest BCUT2D eigenvalue weighted by Gasteiger charge is -2.14. The van der Waals surface area contributed by atoms with E-state index in [4.69, 9.17) is 9.79 Å². The summed E-state index contributed by atoms with van der Waals surface area (Å²) in [6.07, 6.45) is -1.44. The minimum atomic E-state index is -4.78. The maximum atomic E-state index is 12.4. The van der Waals surface area contributed by atoms with E-state index in [0.717, 1.165) is 6.07 Å². The molecule has 1 rings (SSSR count). The van der Waals surface area contributed by atoms with Crippen molar-refractivity contribution in [2.75, 3.05) is 6.35 Å². The molecule has 1 aromatic rings. The van der Waals surface area contributed by atoms with Gasteiger partial charge in [0.05, 0.1) is 0 Å². The second kappa shape index (κ2) is 6.27. The van der Waals surface area contributed by atoms with Crippen molar-refractivity contribution in [1.82, 2.24) is 0 Å². The van der Waals surface area contributed by atoms with Gasteiger partial charge in [0.25, 0.3) is 10.1 Å². The molecule has 0 saturated carbocycles. The number of alkyl halides is 3. The third-order valence-electron chi connectivity index (χ3n) is 2.03. The van der Waals surface area contributed by atoms with E-state index < -0.39 is 51.1 Å². The molecule has 0 bridgehead atoms. The molecule has 0 spiro atoms. The molecule has 0 aliphatic heterocycles. The number of thioether (sulfide) groups is 1. The van der Waals surface area contributed by atoms with Crippen LogP contribution in [0.5, 0.6) is 0 Å². The first-order chi connectivity index (χ1) is 9.32. The first kappa shape index (κ1) is 18.5. The highest BCUT2D eigenvalue weighted by Crippen LogP contribution is 2.42. The van der Waals surface area contributed by atoms with E-state index in [1.807, 2.05) is 0 Å². The Balaban J connectivity index is 3.25. The number of aryl methyl sites for hydroxylation is 1. The summed E-state index contributed by atoms with van der Waals surface area (Å²) in [6.45, 7) is 1.24. The Hall–Kier alpha value is -0.580. The molecule has 0 unspecified atom stereocenters. The molecule has 0 saturated heterocycles. The number of rotatable bonds is 5. The van der Waals surface area contributed by atoms with Crippen LogP contribution in [0.15, 0.2) is 28.0 Å². The molecule has 0 radical (unpaired) electrons. The van der Waals surface area contributed by atoms with Gasteiger partial charge >= 0.3 is 13.1 Å². The van der Waals surface area contributed by atoms with Gasteiger partial charge in [-0.1, -0.05) is 12.1 Å². The van der Waals surface area contributed by atoms with Gasteiger partial charge < -0.3 is 9.79 Å². The minimum Gasteiger partial charge on any atom is -0.323 e. The van der Waals surface area contributed by atoms with Crippen molar-refractivity contribution in [2.24, 2.45) is 0 Å². The molecule has 6 nitrogen and oxygen atoms in total. The quantitative estimate of drug-likeness (QED) is 0.469. The van der Waals surface area contributed by atoms with Crippen molar-refractivity contribution < 1.29 is 40.1 Å². The molecule has 0 fully saturated rings. The van der Waals surface area contributed by atoms with Gasteiger partial charge in [0.2, 0.25) is 0 Å². The maximum Gasteiger partial charge on any atom is 0.446 e. The largest absolute Gasteiger partial charge is 0.446 e. The lowest BCUT2D eigenvalue weighted by atomic mass is 10.2. The van der Waals surface area contributed by atoms with Crippen LogP contribution in [-0.4, -0.2) is 30.1 Å². The summed E-state index contributed by atoms with van der Waals surface area (Å²) in [5.74, 6) is 0. The van der Waals surface area contributed by atoms with E-state index in [1.165, 1.54) is 19.1 Å². The van der Waals surface area contributed by atoms with Crippen molar-refractivity contribution in [2.45, 2.75) is 22.2 Å². The molecule has 21 heavy (non-hydrogen) atoms. The van der Waals surface area contributed by atoms with E-state index in [2.05, 4.69) is 4.18 Å². The lowest BCUT2D eigenvalue weighted by molar-refractivity contribution is -0.0329. The van der Waals surface area contributed by atoms with E-state index in [1.54, 1.807) is 0 Å². The number of hydrogen-bond donors (Lipinski definition) is 2. The van der Waals surface area contributed by atoms with E-state index in [-0.39, 0.29) is 5.56 Å². The molecule has 0 amide bonds. The fourth-order valence-electron chi connectivity index (χ4n) is 1.35. The molecule has 1 aromatic carbocycles. The molecule has 2 N–H and O–H groups in total. The Bertz CT molecular complexity index is 667. The van der Waals surface area contributed by atoms with Gasteiger partial charge in [0.15, 0.2) is 6.35 Å². The molecule has 0 aliphatic carbocycles. The summed E-state index contributed by atoms with van der Waals surface area (Å²) in [5, 5.41) is 0. The standard InChI is InChI=1S/C9H10F3O6PS2/c1-6-3-2-4-7(20-9(10,11)12)8(6)21(16,17)18-5-19(13,14)15/h2-4H,5H2,1H3,(H2,13,14,15). The highest BCUT2D eigenvalue weighted by molar-refractivity contribution is 8.00. The second-order valence-corrected chi connectivity index (χ2v) is 8.06. The zero-order chi connectivity index (χ0) is 16.5. The van der Waals surface area contributed by atoms with E-state index >= 15 is 0 Å². The topological polar surface area (TPSA) is 101 Å². The van der Waals surface area contributed by atoms with Crippen LogP contribution in [0.1, 0.15) is 5.56 Å². The van der Waals surface area contributed by atoms with Gasteiger partial charge in [-0.25, -0.2) is 0 Å². The van der Waals surface area contributed by atoms with Crippen LogP contribution < -0.4 is 0 Å². The molecular formula is C9H10F3O6PS2. The normalized spacial score (nSPS) is 13.4. The minimum absolute atomic E-state index is 0.0324. The summed E-state index contributed by atoms with van der Waals surface area (Å²) in [4.78, 5) is 15.8. The Kier molecular flexibility index (Phi) is 5.51. The second-order valence-electron chi connectivity index (χ2n) is 3.82. The third-order valence-corrected chi connectivity index (χ3v) is 5.06. The van der Waals surface area contributed by atoms with Gasteiger partial charge in [0, 0.05) is 4.90 Å². The van der Waals surface area contributed by atoms with Crippen LogP contribution in [0, 0.1) is 6.92 Å². The zero-order valence-corrected chi connectivity index (χ0v) is 12.9. The smallest absolute Gasteiger partial charge is 0.323 e. The summed E-state index contributed by atoms with van der Waals surface area (Å²) in [6, 6.07) is 3.40. The van der Waals surface area contributed by atoms with Gasteiger partial charge in [0.1, 0.15) is 4.90 Å². The Morgan fingerprint density at radius 3 is 2.38 bits per heavy atom. The predicted octanol–water partition coefficient (Wildman–Crippen LogP) is 2.45. The maximum absolute atomic E-state index is 12.4. The Morgan fingerprint density at radius 1 is 1.33 bits per heavy atom. The fourth-order valence-corrected chi connectivity index (χ4v) is 4.43. The Labute approximate surface area is 122 Å². The van der Waals surface area contributed by atoms with Gasteiger partial charge in [-0.05, 0) is 30.3 Å². The molecule has 0 aliphatic rings. The average molecular weight is 366 g/mol. The van der Waals surface area contributed by atoms with Gasteiger partial charge in [-0.15, -0.1) is 0 Å². The predicted molar refractivity (Wildman–Crippen MR) is 68.3 cm³/mol. The van der Waals surface area contributed by atoms with Crippen molar-refractivity contribution >= 4 is 29.5 Å². The zero-order valence-electron chi connectivity index (χ0n) is 10.4. The highest BCUT2D eigenvalue weighted by Gasteiger charge is 2.34. The molecular weight excluding hydrogens is 356 g/mol. The highest BCUT2D eigenvalue weighted by atomic mass is 32.2. The summed E-state index contributed by atoms with van der Waals surface area (Å²) in [5.41, 5.74) is -4.75. The van der Waals surface area contributed by atoms with Gasteiger partial charge in [-0.2, -0.15) is 21.6 Å². The van der Waals surface area contributed by atoms with Crippen molar-refractivity contribution in [3.63, 3.8) is 0 Å². The van der Waals surface area contributed by atoms with Crippen LogP contribution in [-0.2, 0) is 18.9 Å². The van der Waals surface area contributed by atoms with E-state index in [0.29, 0.717) is 0 Å². The molecule has 120 valence electrons. The first-order valence-electron chi connectivity index (χ1n) is 5.11. The number of halogens is 3. The summed E-state index contributed by atoms with van der Waals surface area (Å²) < 4.78 is 75.7. The van der Waals surface area contributed by atoms with Crippen LogP contribution in [0.25, 0.3) is 0 Å². The summed E-state index contributed by atoms with van der Waals surface area (Å²) >= 11 is -0.651. The van der Waals surface area contributed by atoms with Crippen LogP contribution in [0.2, 0.25) is 0 Å². The van der Waals surface area contributed by atoms with Gasteiger partial charge in [-0.3, -0.25) is 8.75 Å². The number of benzene rings is 1. The lowest BCUT2D eigenvalue weighted by Crippen LogP contribution is -2.12. The summed E-state index contributed by atoms with van der Waals surface area (Å²) in [7, 11) is -9.52. The number of hydrogen-bond acceptors (Lipinski definition) is 5. The van der Waals surface area contributed by atoms with E-state index in [9.17, 15) is 26.2 Å². The Morgan fingerprint density at radius 2 is 1.90 bits per heavy atom. The SMILES string of the molecule is Cc1cccc(SC(F)(F)F)c1S(=O)(=O)OCP(=O)(O)O. The fraction of sp³-hybridized carbons (Fsp3) is 0.333. The third kappa shape index (κ3) is 5.97. The first-order valence-corrected chi connectivity index (χ1v) is 9.13. The van der Waals surface area contributed by atoms with Crippen LogP contribution in [0.4, 0.5) is 13.2 Å².